The molecule has 0 aromatic heterocycles. The van der Waals surface area contributed by atoms with Crippen molar-refractivity contribution in [3.63, 3.8) is 0 Å². The molecule has 4 amide bonds. The summed E-state index contributed by atoms with van der Waals surface area (Å²) in [6, 6.07) is 9.26. The van der Waals surface area contributed by atoms with Gasteiger partial charge in [-0.1, -0.05) is 18.2 Å². The zero-order chi connectivity index (χ0) is 30.3. The van der Waals surface area contributed by atoms with Crippen LogP contribution in [0.2, 0.25) is 0 Å². The van der Waals surface area contributed by atoms with Gasteiger partial charge in [-0.3, -0.25) is 33.7 Å². The second kappa shape index (κ2) is 13.2. The number of hydrogen-bond acceptors (Lipinski definition) is 9. The van der Waals surface area contributed by atoms with Crippen molar-refractivity contribution in [3.05, 3.63) is 48.0 Å². The number of ketones is 1. The summed E-state index contributed by atoms with van der Waals surface area (Å²) in [7, 11) is 2.62. The van der Waals surface area contributed by atoms with Crippen molar-refractivity contribution in [2.24, 2.45) is 0 Å². The second-order valence-corrected chi connectivity index (χ2v) is 8.83. The number of amides is 4. The molecule has 0 saturated heterocycles. The number of carboxylic acids is 1. The molecule has 41 heavy (non-hydrogen) atoms. The van der Waals surface area contributed by atoms with E-state index in [4.69, 9.17) is 14.6 Å². The van der Waals surface area contributed by atoms with Crippen LogP contribution in [0.15, 0.2) is 42.5 Å². The zero-order valence-corrected chi connectivity index (χ0v) is 22.4. The van der Waals surface area contributed by atoms with E-state index in [2.05, 4.69) is 10.6 Å². The maximum absolute atomic E-state index is 13.4. The molecule has 3 rings (SSSR count). The standard InChI is InChI=1S/C27H28N4O10/c1-15(33)31-18-8-5-4-7-17(18)30(13-22(34)28-16(14-32)11-24(36)37)23(35)12-21(31)29-27(39)26(38)25-19(40-2)9-6-10-20(25)41-3/h4-10,14,16,21H,11-13H2,1-3H3,(H,28,34)(H,29,39)(H,36,37)/t16-,21-/m0/s1. The molecule has 0 radical (unpaired) electrons. The normalized spacial score (nSPS) is 15.1. The highest BCUT2D eigenvalue weighted by atomic mass is 16.5. The lowest BCUT2D eigenvalue weighted by atomic mass is 10.1. The topological polar surface area (TPSA) is 189 Å². The smallest absolute Gasteiger partial charge is 0.305 e. The van der Waals surface area contributed by atoms with E-state index in [9.17, 15) is 33.6 Å². The fourth-order valence-electron chi connectivity index (χ4n) is 4.37. The molecule has 0 saturated carbocycles. The lowest BCUT2D eigenvalue weighted by Crippen LogP contribution is -2.53. The van der Waals surface area contributed by atoms with E-state index >= 15 is 0 Å². The van der Waals surface area contributed by atoms with Crippen LogP contribution in [0.25, 0.3) is 0 Å². The molecular weight excluding hydrogens is 540 g/mol. The molecule has 14 heteroatoms. The molecule has 1 aliphatic heterocycles. The van der Waals surface area contributed by atoms with Crippen molar-refractivity contribution in [1.82, 2.24) is 10.6 Å². The van der Waals surface area contributed by atoms with Crippen molar-refractivity contribution in [2.75, 3.05) is 30.6 Å². The molecular formula is C27H28N4O10. The number of nitrogens with one attached hydrogen (secondary N) is 2. The van der Waals surface area contributed by atoms with Crippen molar-refractivity contribution in [1.29, 1.82) is 0 Å². The van der Waals surface area contributed by atoms with Gasteiger partial charge in [-0.25, -0.2) is 0 Å². The van der Waals surface area contributed by atoms with Crippen LogP contribution in [-0.4, -0.2) is 79.7 Å². The third-order valence-corrected chi connectivity index (χ3v) is 6.12. The lowest BCUT2D eigenvalue weighted by Gasteiger charge is -2.30. The number of nitrogens with zero attached hydrogens (tertiary/aromatic N) is 2. The Labute approximate surface area is 234 Å². The van der Waals surface area contributed by atoms with E-state index in [1.807, 2.05) is 0 Å². The van der Waals surface area contributed by atoms with Gasteiger partial charge < -0.3 is 34.9 Å². The maximum atomic E-state index is 13.4. The first-order chi connectivity index (χ1) is 19.5. The summed E-state index contributed by atoms with van der Waals surface area (Å²) < 4.78 is 10.4. The number of benzene rings is 2. The maximum Gasteiger partial charge on any atom is 0.305 e. The molecule has 2 aromatic carbocycles. The van der Waals surface area contributed by atoms with Crippen LogP contribution in [0.4, 0.5) is 11.4 Å². The van der Waals surface area contributed by atoms with Crippen molar-refractivity contribution < 1.29 is 48.1 Å². The quantitative estimate of drug-likeness (QED) is 0.193. The predicted molar refractivity (Wildman–Crippen MR) is 143 cm³/mol. The van der Waals surface area contributed by atoms with Gasteiger partial charge in [0.25, 0.3) is 11.7 Å². The summed E-state index contributed by atoms with van der Waals surface area (Å²) >= 11 is 0. The van der Waals surface area contributed by atoms with Gasteiger partial charge in [0.15, 0.2) is 0 Å². The number of methoxy groups -OCH3 is 2. The summed E-state index contributed by atoms with van der Waals surface area (Å²) in [6.45, 7) is 0.581. The molecule has 0 fully saturated rings. The number of carbonyl (C=O) groups is 7. The SMILES string of the molecule is COc1cccc(OC)c1C(=O)C(=O)N[C@@H]1CC(=O)N(CC(=O)N[C@H](C=O)CC(=O)O)c2ccccc2N1C(C)=O. The third-order valence-electron chi connectivity index (χ3n) is 6.12. The van der Waals surface area contributed by atoms with Crippen LogP contribution in [0.1, 0.15) is 30.1 Å². The highest BCUT2D eigenvalue weighted by Crippen LogP contribution is 2.35. The van der Waals surface area contributed by atoms with Gasteiger partial charge in [0.2, 0.25) is 17.7 Å². The molecule has 2 atom stereocenters. The number of carboxylic acid groups (broad SMARTS) is 1. The average Bonchev–Trinajstić information content (AvgIpc) is 3.05. The molecule has 3 N–H and O–H groups in total. The summed E-state index contributed by atoms with van der Waals surface area (Å²) in [4.78, 5) is 89.6. The van der Waals surface area contributed by atoms with Crippen molar-refractivity contribution in [2.45, 2.75) is 32.0 Å². The molecule has 1 heterocycles. The van der Waals surface area contributed by atoms with Gasteiger partial charge in [-0.05, 0) is 24.3 Å². The summed E-state index contributed by atoms with van der Waals surface area (Å²) in [5.74, 6) is -5.47. The molecule has 0 spiro atoms. The number of hydrogen-bond donors (Lipinski definition) is 3. The summed E-state index contributed by atoms with van der Waals surface area (Å²) in [5.41, 5.74) is 0.135. The largest absolute Gasteiger partial charge is 0.496 e. The Hall–Kier alpha value is -5.27. The molecule has 1 aliphatic rings. The number of aliphatic carboxylic acids is 1. The highest BCUT2D eigenvalue weighted by Gasteiger charge is 2.38. The van der Waals surface area contributed by atoms with E-state index in [-0.39, 0.29) is 34.7 Å². The Balaban J connectivity index is 1.94. The van der Waals surface area contributed by atoms with Crippen LogP contribution < -0.4 is 29.9 Å². The Bertz CT molecular complexity index is 1370. The predicted octanol–water partition coefficient (Wildman–Crippen LogP) is 0.277. The zero-order valence-electron chi connectivity index (χ0n) is 22.4. The number of aldehydes is 1. The van der Waals surface area contributed by atoms with E-state index < -0.39 is 67.0 Å². The summed E-state index contributed by atoms with van der Waals surface area (Å²) in [6.07, 6.45) is -2.26. The molecule has 2 aromatic rings. The Kier molecular flexibility index (Phi) is 9.74. The Morgan fingerprint density at radius 1 is 1.02 bits per heavy atom. The first kappa shape index (κ1) is 30.3. The van der Waals surface area contributed by atoms with Crippen LogP contribution in [0.5, 0.6) is 11.5 Å². The van der Waals surface area contributed by atoms with E-state index in [1.54, 1.807) is 18.2 Å². The van der Waals surface area contributed by atoms with Crippen LogP contribution in [-0.2, 0) is 28.8 Å². The number of ether oxygens (including phenoxy) is 2. The average molecular weight is 569 g/mol. The number of carbonyl (C=O) groups excluding carboxylic acids is 6. The number of anilines is 2. The number of Topliss-reactive ketones (excluding diaryl/α,β-unsaturated/α-hetero) is 1. The van der Waals surface area contributed by atoms with Gasteiger partial charge in [0.05, 0.1) is 44.5 Å². The number of rotatable bonds is 11. The molecule has 0 aliphatic carbocycles. The summed E-state index contributed by atoms with van der Waals surface area (Å²) in [5, 5.41) is 13.6. The minimum Gasteiger partial charge on any atom is -0.496 e. The second-order valence-electron chi connectivity index (χ2n) is 8.83. The molecule has 216 valence electrons. The van der Waals surface area contributed by atoms with Gasteiger partial charge in [0.1, 0.15) is 36.1 Å². The van der Waals surface area contributed by atoms with Crippen molar-refractivity contribution >= 4 is 53.0 Å². The molecule has 0 bridgehead atoms. The lowest BCUT2D eigenvalue weighted by molar-refractivity contribution is -0.139. The minimum absolute atomic E-state index is 0.0731. The fraction of sp³-hybridized carbons (Fsp3) is 0.296. The minimum atomic E-state index is -1.33. The number of para-hydroxylation sites is 2. The first-order valence-electron chi connectivity index (χ1n) is 12.2. The van der Waals surface area contributed by atoms with Crippen LogP contribution >= 0.6 is 0 Å². The van der Waals surface area contributed by atoms with Gasteiger partial charge in [-0.15, -0.1) is 0 Å². The van der Waals surface area contributed by atoms with Crippen LogP contribution in [0, 0.1) is 0 Å². The van der Waals surface area contributed by atoms with Gasteiger partial charge >= 0.3 is 5.97 Å². The first-order valence-corrected chi connectivity index (χ1v) is 12.2. The highest BCUT2D eigenvalue weighted by molar-refractivity contribution is 6.44. The Morgan fingerprint density at radius 2 is 1.63 bits per heavy atom. The van der Waals surface area contributed by atoms with E-state index in [1.165, 1.54) is 45.4 Å². The molecule has 14 nitrogen and oxygen atoms in total. The van der Waals surface area contributed by atoms with Gasteiger partial charge in [0, 0.05) is 6.92 Å². The van der Waals surface area contributed by atoms with Crippen molar-refractivity contribution in [3.8, 4) is 11.5 Å². The van der Waals surface area contributed by atoms with Crippen LogP contribution in [0.3, 0.4) is 0 Å². The fourth-order valence-corrected chi connectivity index (χ4v) is 4.37. The monoisotopic (exact) mass is 568 g/mol. The Morgan fingerprint density at radius 3 is 2.17 bits per heavy atom. The van der Waals surface area contributed by atoms with E-state index in [0.717, 1.165) is 9.80 Å². The number of fused-ring (bicyclic) bond motifs is 1. The van der Waals surface area contributed by atoms with E-state index in [0.29, 0.717) is 0 Å². The third kappa shape index (κ3) is 6.84. The van der Waals surface area contributed by atoms with Gasteiger partial charge in [-0.2, -0.15) is 0 Å². The molecule has 0 unspecified atom stereocenters.